The molecule has 0 aliphatic heterocycles. The number of ether oxygens (including phenoxy) is 1. The number of hydrogen-bond donors (Lipinski definition) is 0. The van der Waals surface area contributed by atoms with Gasteiger partial charge in [-0.05, 0) is 65.9 Å². The van der Waals surface area contributed by atoms with Gasteiger partial charge in [0.25, 0.3) is 0 Å². The predicted molar refractivity (Wildman–Crippen MR) is 135 cm³/mol. The Hall–Kier alpha value is -2.85. The Balaban J connectivity index is 1.53. The Bertz CT molecular complexity index is 1410. The van der Waals surface area contributed by atoms with Crippen LogP contribution in [0.1, 0.15) is 39.2 Å². The number of rotatable bonds is 4. The van der Waals surface area contributed by atoms with Gasteiger partial charge in [0.1, 0.15) is 6.61 Å². The molecule has 0 saturated carbocycles. The zero-order valence-corrected chi connectivity index (χ0v) is 19.7. The molecule has 0 amide bonds. The van der Waals surface area contributed by atoms with Gasteiger partial charge >= 0.3 is 5.97 Å². The van der Waals surface area contributed by atoms with Crippen LogP contribution in [0.2, 0.25) is 15.1 Å². The first-order chi connectivity index (χ1) is 16.0. The lowest BCUT2D eigenvalue weighted by Crippen LogP contribution is -2.10. The lowest BCUT2D eigenvalue weighted by atomic mass is 10.0. The monoisotopic (exact) mass is 493 g/mol. The van der Waals surface area contributed by atoms with Crippen LogP contribution in [0.4, 0.5) is 0 Å². The van der Waals surface area contributed by atoms with Crippen molar-refractivity contribution >= 4 is 63.3 Å². The van der Waals surface area contributed by atoms with Gasteiger partial charge in [-0.1, -0.05) is 71.2 Å². The van der Waals surface area contributed by atoms with E-state index in [0.29, 0.717) is 26.2 Å². The molecule has 1 heterocycles. The third-order valence-electron chi connectivity index (χ3n) is 5.73. The van der Waals surface area contributed by atoms with E-state index in [1.54, 1.807) is 18.2 Å². The first-order valence-electron chi connectivity index (χ1n) is 10.5. The molecule has 4 aromatic rings. The van der Waals surface area contributed by atoms with Gasteiger partial charge in [0.2, 0.25) is 0 Å². The summed E-state index contributed by atoms with van der Waals surface area (Å²) < 4.78 is 5.71. The number of halogens is 3. The second-order valence-electron chi connectivity index (χ2n) is 7.86. The van der Waals surface area contributed by atoms with E-state index in [2.05, 4.69) is 6.08 Å². The molecule has 3 nitrogen and oxygen atoms in total. The van der Waals surface area contributed by atoms with Crippen LogP contribution in [0.3, 0.4) is 0 Å². The summed E-state index contributed by atoms with van der Waals surface area (Å²) >= 11 is 18.2. The van der Waals surface area contributed by atoms with Crippen molar-refractivity contribution in [3.05, 3.63) is 110 Å². The van der Waals surface area contributed by atoms with Crippen LogP contribution >= 0.6 is 34.8 Å². The Morgan fingerprint density at radius 3 is 2.48 bits per heavy atom. The normalized spacial score (nSPS) is 14.0. The molecule has 6 heteroatoms. The topological polar surface area (TPSA) is 39.2 Å². The molecular weight excluding hydrogens is 477 g/mol. The maximum atomic E-state index is 13.3. The van der Waals surface area contributed by atoms with Crippen molar-refractivity contribution < 1.29 is 9.53 Å². The third kappa shape index (κ3) is 4.49. The van der Waals surface area contributed by atoms with E-state index in [1.807, 2.05) is 48.5 Å². The van der Waals surface area contributed by atoms with Gasteiger partial charge in [0, 0.05) is 26.0 Å². The Morgan fingerprint density at radius 1 is 0.939 bits per heavy atom. The minimum Gasteiger partial charge on any atom is -0.457 e. The number of aromatic nitrogens is 1. The van der Waals surface area contributed by atoms with Crippen LogP contribution in [-0.2, 0) is 17.8 Å². The highest BCUT2D eigenvalue weighted by Crippen LogP contribution is 2.38. The standard InChI is InChI=1S/C27H18Cl3NO2/c28-19-9-5-16(6-10-19)13-17-8-12-22-25(21-3-1-2-4-24(21)31-26(17)22)27(32)33-15-18-7-11-20(29)14-23(18)30/h1-7,9-11,13-14H,8,12,15H2. The first kappa shape index (κ1) is 22.0. The molecule has 0 saturated heterocycles. The highest BCUT2D eigenvalue weighted by Gasteiger charge is 2.27. The quantitative estimate of drug-likeness (QED) is 0.269. The SMILES string of the molecule is O=C(OCc1ccc(Cl)cc1Cl)c1c2c(nc3ccccc13)C(=Cc1ccc(Cl)cc1)CC2. The summed E-state index contributed by atoms with van der Waals surface area (Å²) in [4.78, 5) is 18.2. The van der Waals surface area contributed by atoms with Crippen LogP contribution in [0.25, 0.3) is 22.6 Å². The summed E-state index contributed by atoms with van der Waals surface area (Å²) in [6, 6.07) is 20.5. The lowest BCUT2D eigenvalue weighted by molar-refractivity contribution is 0.0474. The summed E-state index contributed by atoms with van der Waals surface area (Å²) in [6.45, 7) is 0.0632. The largest absolute Gasteiger partial charge is 0.457 e. The molecular formula is C27H18Cl3NO2. The van der Waals surface area contributed by atoms with E-state index in [0.717, 1.165) is 46.1 Å². The molecule has 0 atom stereocenters. The van der Waals surface area contributed by atoms with E-state index < -0.39 is 0 Å². The molecule has 1 aliphatic rings. The zero-order valence-electron chi connectivity index (χ0n) is 17.4. The average Bonchev–Trinajstić information content (AvgIpc) is 3.20. The molecule has 0 bridgehead atoms. The van der Waals surface area contributed by atoms with Gasteiger partial charge in [-0.3, -0.25) is 0 Å². The van der Waals surface area contributed by atoms with Gasteiger partial charge in [-0.15, -0.1) is 0 Å². The van der Waals surface area contributed by atoms with E-state index in [1.165, 1.54) is 0 Å². The number of allylic oxidation sites excluding steroid dienone is 1. The number of carbonyl (C=O) groups excluding carboxylic acids is 1. The number of benzene rings is 3. The molecule has 5 rings (SSSR count). The fourth-order valence-corrected chi connectivity index (χ4v) is 4.72. The van der Waals surface area contributed by atoms with Crippen LogP contribution in [0, 0.1) is 0 Å². The highest BCUT2D eigenvalue weighted by atomic mass is 35.5. The molecule has 0 unspecified atom stereocenters. The van der Waals surface area contributed by atoms with Crippen LogP contribution in [0.15, 0.2) is 66.7 Å². The van der Waals surface area contributed by atoms with E-state index in [4.69, 9.17) is 44.5 Å². The molecule has 1 aromatic heterocycles. The smallest absolute Gasteiger partial charge is 0.339 e. The lowest BCUT2D eigenvalue weighted by Gasteiger charge is -2.13. The molecule has 164 valence electrons. The summed E-state index contributed by atoms with van der Waals surface area (Å²) in [6.07, 6.45) is 3.62. The van der Waals surface area contributed by atoms with E-state index in [9.17, 15) is 4.79 Å². The highest BCUT2D eigenvalue weighted by molar-refractivity contribution is 6.35. The van der Waals surface area contributed by atoms with Gasteiger partial charge in [-0.25, -0.2) is 9.78 Å². The average molecular weight is 495 g/mol. The summed E-state index contributed by atoms with van der Waals surface area (Å²) in [7, 11) is 0. The van der Waals surface area contributed by atoms with Crippen molar-refractivity contribution in [3.63, 3.8) is 0 Å². The number of para-hydroxylation sites is 1. The Morgan fingerprint density at radius 2 is 1.70 bits per heavy atom. The molecule has 33 heavy (non-hydrogen) atoms. The Kier molecular flexibility index (Phi) is 6.11. The maximum Gasteiger partial charge on any atom is 0.339 e. The van der Waals surface area contributed by atoms with Crippen molar-refractivity contribution in [2.75, 3.05) is 0 Å². The van der Waals surface area contributed by atoms with Crippen molar-refractivity contribution in [2.45, 2.75) is 19.4 Å². The third-order valence-corrected chi connectivity index (χ3v) is 6.57. The van der Waals surface area contributed by atoms with E-state index >= 15 is 0 Å². The second kappa shape index (κ2) is 9.18. The maximum absolute atomic E-state index is 13.3. The van der Waals surface area contributed by atoms with Gasteiger partial charge in [0.05, 0.1) is 16.8 Å². The molecule has 3 aromatic carbocycles. The molecule has 0 spiro atoms. The second-order valence-corrected chi connectivity index (χ2v) is 9.14. The first-order valence-corrected chi connectivity index (χ1v) is 11.6. The summed E-state index contributed by atoms with van der Waals surface area (Å²) in [5.41, 5.74) is 5.93. The number of fused-ring (bicyclic) bond motifs is 2. The van der Waals surface area contributed by atoms with Crippen LogP contribution < -0.4 is 0 Å². The molecule has 0 N–H and O–H groups in total. The van der Waals surface area contributed by atoms with Gasteiger partial charge < -0.3 is 4.74 Å². The Labute approximate surface area is 206 Å². The number of carbonyl (C=O) groups is 1. The van der Waals surface area contributed by atoms with Crippen LogP contribution in [0.5, 0.6) is 0 Å². The minimum atomic E-state index is -0.386. The predicted octanol–water partition coefficient (Wildman–Crippen LogP) is 8.04. The van der Waals surface area contributed by atoms with E-state index in [-0.39, 0.29) is 12.6 Å². The van der Waals surface area contributed by atoms with Gasteiger partial charge in [-0.2, -0.15) is 0 Å². The fraction of sp³-hybridized carbons (Fsp3) is 0.111. The van der Waals surface area contributed by atoms with Crippen molar-refractivity contribution in [1.82, 2.24) is 4.98 Å². The number of pyridine rings is 1. The summed E-state index contributed by atoms with van der Waals surface area (Å²) in [5.74, 6) is -0.386. The summed E-state index contributed by atoms with van der Waals surface area (Å²) in [5, 5.41) is 2.48. The van der Waals surface area contributed by atoms with Crippen LogP contribution in [-0.4, -0.2) is 11.0 Å². The van der Waals surface area contributed by atoms with Gasteiger partial charge in [0.15, 0.2) is 0 Å². The van der Waals surface area contributed by atoms with Crippen molar-refractivity contribution in [3.8, 4) is 0 Å². The number of hydrogen-bond acceptors (Lipinski definition) is 3. The number of esters is 1. The fourth-order valence-electron chi connectivity index (χ4n) is 4.13. The molecule has 0 radical (unpaired) electrons. The zero-order chi connectivity index (χ0) is 22.9. The van der Waals surface area contributed by atoms with Crippen molar-refractivity contribution in [1.29, 1.82) is 0 Å². The number of nitrogens with zero attached hydrogens (tertiary/aromatic N) is 1. The minimum absolute atomic E-state index is 0.0632. The molecule has 0 fully saturated rings. The van der Waals surface area contributed by atoms with Crippen molar-refractivity contribution in [2.24, 2.45) is 0 Å². The molecule has 1 aliphatic carbocycles.